The lowest BCUT2D eigenvalue weighted by Gasteiger charge is -2.01. The predicted molar refractivity (Wildman–Crippen MR) is 82.5 cm³/mol. The molecule has 1 N–H and O–H groups in total. The molecule has 0 aliphatic carbocycles. The van der Waals surface area contributed by atoms with Gasteiger partial charge >= 0.3 is 0 Å². The molecule has 21 heavy (non-hydrogen) atoms. The molecule has 2 aromatic rings. The van der Waals surface area contributed by atoms with Crippen LogP contribution in [0.5, 0.6) is 0 Å². The molecule has 0 fully saturated rings. The highest BCUT2D eigenvalue weighted by Crippen LogP contribution is 2.27. The maximum Gasteiger partial charge on any atom is 0.272 e. The van der Waals surface area contributed by atoms with Gasteiger partial charge in [0.15, 0.2) is 0 Å². The largest absolute Gasteiger partial charge is 0.383 e. The summed E-state index contributed by atoms with van der Waals surface area (Å²) in [6.45, 7) is 3.82. The van der Waals surface area contributed by atoms with Crippen LogP contribution < -0.4 is 5.32 Å². The number of methoxy groups -OCH3 is 1. The van der Waals surface area contributed by atoms with Crippen LogP contribution in [0.3, 0.4) is 0 Å². The van der Waals surface area contributed by atoms with Crippen molar-refractivity contribution in [2.45, 2.75) is 13.5 Å². The summed E-state index contributed by atoms with van der Waals surface area (Å²) in [4.78, 5) is 15.1. The highest BCUT2D eigenvalue weighted by molar-refractivity contribution is 7.09. The quantitative estimate of drug-likeness (QED) is 0.483. The monoisotopic (exact) mass is 307 g/mol. The Morgan fingerprint density at radius 3 is 3.00 bits per heavy atom. The molecule has 0 amide bonds. The Morgan fingerprint density at radius 2 is 2.29 bits per heavy atom. The summed E-state index contributed by atoms with van der Waals surface area (Å²) in [6.07, 6.45) is 0. The summed E-state index contributed by atoms with van der Waals surface area (Å²) >= 11 is 1.54. The number of aromatic nitrogens is 1. The van der Waals surface area contributed by atoms with Crippen LogP contribution in [-0.4, -0.2) is 30.2 Å². The topological polar surface area (TPSA) is 77.3 Å². The van der Waals surface area contributed by atoms with E-state index in [0.717, 1.165) is 22.8 Å². The number of nitro groups is 1. The van der Waals surface area contributed by atoms with E-state index in [1.54, 1.807) is 26.2 Å². The second kappa shape index (κ2) is 7.26. The number of rotatable bonds is 7. The van der Waals surface area contributed by atoms with Gasteiger partial charge in [-0.1, -0.05) is 12.1 Å². The van der Waals surface area contributed by atoms with Crippen LogP contribution in [0.4, 0.5) is 5.69 Å². The molecule has 2 rings (SSSR count). The summed E-state index contributed by atoms with van der Waals surface area (Å²) in [6, 6.07) is 5.19. The van der Waals surface area contributed by atoms with Gasteiger partial charge in [-0.3, -0.25) is 10.1 Å². The standard InChI is InChI=1S/C14H17N3O3S/c1-10-3-4-11(7-13(10)17(18)19)12-9-21-14(16-12)8-15-5-6-20-2/h3-4,7,9,15H,5-6,8H2,1-2H3. The molecule has 1 aromatic heterocycles. The van der Waals surface area contributed by atoms with E-state index in [0.29, 0.717) is 18.7 Å². The summed E-state index contributed by atoms with van der Waals surface area (Å²) < 4.78 is 4.96. The van der Waals surface area contributed by atoms with Gasteiger partial charge in [0.25, 0.3) is 5.69 Å². The Kier molecular flexibility index (Phi) is 5.38. The first-order chi connectivity index (χ1) is 10.1. The molecule has 0 unspecified atom stereocenters. The number of hydrogen-bond donors (Lipinski definition) is 1. The molecule has 0 saturated carbocycles. The van der Waals surface area contributed by atoms with Crippen molar-refractivity contribution in [3.05, 3.63) is 44.3 Å². The fourth-order valence-electron chi connectivity index (χ4n) is 1.86. The number of hydrogen-bond acceptors (Lipinski definition) is 6. The number of thiazole rings is 1. The average Bonchev–Trinajstić information content (AvgIpc) is 2.92. The highest BCUT2D eigenvalue weighted by atomic mass is 32.1. The van der Waals surface area contributed by atoms with Crippen LogP contribution >= 0.6 is 11.3 Å². The second-order valence-corrected chi connectivity index (χ2v) is 5.50. The zero-order valence-corrected chi connectivity index (χ0v) is 12.8. The van der Waals surface area contributed by atoms with E-state index in [4.69, 9.17) is 4.74 Å². The SMILES string of the molecule is COCCNCc1nc(-c2ccc(C)c([N+](=O)[O-])c2)cs1. The van der Waals surface area contributed by atoms with Crippen molar-refractivity contribution in [3.63, 3.8) is 0 Å². The van der Waals surface area contributed by atoms with Crippen molar-refractivity contribution < 1.29 is 9.66 Å². The average molecular weight is 307 g/mol. The molecule has 0 bridgehead atoms. The van der Waals surface area contributed by atoms with Gasteiger partial charge in [-0.2, -0.15) is 0 Å². The summed E-state index contributed by atoms with van der Waals surface area (Å²) in [7, 11) is 1.66. The summed E-state index contributed by atoms with van der Waals surface area (Å²) in [5.41, 5.74) is 2.32. The summed E-state index contributed by atoms with van der Waals surface area (Å²) in [5, 5.41) is 17.1. The van der Waals surface area contributed by atoms with Crippen LogP contribution in [-0.2, 0) is 11.3 Å². The Bertz CT molecular complexity index is 628. The maximum absolute atomic E-state index is 11.0. The third-order valence-electron chi connectivity index (χ3n) is 3.01. The lowest BCUT2D eigenvalue weighted by molar-refractivity contribution is -0.385. The van der Waals surface area contributed by atoms with E-state index in [2.05, 4.69) is 10.3 Å². The molecule has 1 heterocycles. The maximum atomic E-state index is 11.0. The van der Waals surface area contributed by atoms with Crippen molar-refractivity contribution in [2.75, 3.05) is 20.3 Å². The van der Waals surface area contributed by atoms with Gasteiger partial charge in [0.2, 0.25) is 0 Å². The number of aryl methyl sites for hydroxylation is 1. The first-order valence-electron chi connectivity index (χ1n) is 6.51. The summed E-state index contributed by atoms with van der Waals surface area (Å²) in [5.74, 6) is 0. The molecule has 112 valence electrons. The van der Waals surface area contributed by atoms with Crippen molar-refractivity contribution in [3.8, 4) is 11.3 Å². The molecular weight excluding hydrogens is 290 g/mol. The molecule has 0 aliphatic rings. The molecule has 0 spiro atoms. The first kappa shape index (κ1) is 15.6. The fraction of sp³-hybridized carbons (Fsp3) is 0.357. The zero-order chi connectivity index (χ0) is 15.2. The Hall–Kier alpha value is -1.83. The van der Waals surface area contributed by atoms with Gasteiger partial charge in [0.1, 0.15) is 5.01 Å². The third-order valence-corrected chi connectivity index (χ3v) is 3.86. The molecule has 0 atom stereocenters. The van der Waals surface area contributed by atoms with E-state index < -0.39 is 0 Å². The normalized spacial score (nSPS) is 10.8. The van der Waals surface area contributed by atoms with Crippen LogP contribution in [0.2, 0.25) is 0 Å². The van der Waals surface area contributed by atoms with Crippen molar-refractivity contribution in [1.29, 1.82) is 0 Å². The minimum atomic E-state index is -0.363. The van der Waals surface area contributed by atoms with Gasteiger partial charge in [-0.25, -0.2) is 4.98 Å². The van der Waals surface area contributed by atoms with Crippen LogP contribution in [0, 0.1) is 17.0 Å². The third kappa shape index (κ3) is 4.07. The fourth-order valence-corrected chi connectivity index (χ4v) is 2.63. The van der Waals surface area contributed by atoms with Crippen molar-refractivity contribution >= 4 is 17.0 Å². The number of nitrogens with zero attached hydrogens (tertiary/aromatic N) is 2. The van der Waals surface area contributed by atoms with Gasteiger partial charge in [0, 0.05) is 42.8 Å². The van der Waals surface area contributed by atoms with E-state index in [1.807, 2.05) is 11.4 Å². The lowest BCUT2D eigenvalue weighted by atomic mass is 10.1. The molecule has 0 radical (unpaired) electrons. The number of ether oxygens (including phenoxy) is 1. The Labute approximate surface area is 126 Å². The van der Waals surface area contributed by atoms with E-state index in [1.165, 1.54) is 11.3 Å². The van der Waals surface area contributed by atoms with Gasteiger partial charge in [0.05, 0.1) is 17.2 Å². The minimum Gasteiger partial charge on any atom is -0.383 e. The first-order valence-corrected chi connectivity index (χ1v) is 7.39. The van der Waals surface area contributed by atoms with Crippen molar-refractivity contribution in [2.24, 2.45) is 0 Å². The van der Waals surface area contributed by atoms with Gasteiger partial charge in [-0.15, -0.1) is 11.3 Å². The molecule has 7 heteroatoms. The zero-order valence-electron chi connectivity index (χ0n) is 12.0. The lowest BCUT2D eigenvalue weighted by Crippen LogP contribution is -2.18. The predicted octanol–water partition coefficient (Wildman–Crippen LogP) is 2.76. The molecule has 6 nitrogen and oxygen atoms in total. The van der Waals surface area contributed by atoms with Crippen LogP contribution in [0.1, 0.15) is 10.6 Å². The smallest absolute Gasteiger partial charge is 0.272 e. The minimum absolute atomic E-state index is 0.125. The van der Waals surface area contributed by atoms with Crippen LogP contribution in [0.25, 0.3) is 11.3 Å². The second-order valence-electron chi connectivity index (χ2n) is 4.55. The van der Waals surface area contributed by atoms with E-state index in [9.17, 15) is 10.1 Å². The van der Waals surface area contributed by atoms with E-state index >= 15 is 0 Å². The Morgan fingerprint density at radius 1 is 1.48 bits per heavy atom. The number of benzene rings is 1. The molecule has 0 saturated heterocycles. The Balaban J connectivity index is 2.10. The molecule has 1 aromatic carbocycles. The number of nitro benzene ring substituents is 1. The van der Waals surface area contributed by atoms with Gasteiger partial charge in [-0.05, 0) is 6.92 Å². The van der Waals surface area contributed by atoms with Crippen LogP contribution in [0.15, 0.2) is 23.6 Å². The molecular formula is C14H17N3O3S. The molecule has 0 aliphatic heterocycles. The highest BCUT2D eigenvalue weighted by Gasteiger charge is 2.13. The van der Waals surface area contributed by atoms with Crippen molar-refractivity contribution in [1.82, 2.24) is 10.3 Å². The van der Waals surface area contributed by atoms with E-state index in [-0.39, 0.29) is 10.6 Å². The number of nitrogens with one attached hydrogen (secondary N) is 1. The van der Waals surface area contributed by atoms with Gasteiger partial charge < -0.3 is 10.1 Å².